The highest BCUT2D eigenvalue weighted by Crippen LogP contribution is 2.36. The van der Waals surface area contributed by atoms with Gasteiger partial charge in [0.15, 0.2) is 0 Å². The molecule has 0 bridgehead atoms. The largest absolute Gasteiger partial charge is 0.366 e. The van der Waals surface area contributed by atoms with E-state index >= 15 is 0 Å². The van der Waals surface area contributed by atoms with E-state index in [-0.39, 0.29) is 12.1 Å². The Labute approximate surface area is 161 Å². The number of nitrogens with one attached hydrogen (secondary N) is 2. The number of carbonyl (C=O) groups excluding carboxylic acids is 2. The highest BCUT2D eigenvalue weighted by Gasteiger charge is 2.35. The van der Waals surface area contributed by atoms with E-state index in [1.54, 1.807) is 6.07 Å². The fourth-order valence-corrected chi connectivity index (χ4v) is 3.71. The molecule has 2 aliphatic heterocycles. The molecule has 0 saturated carbocycles. The van der Waals surface area contributed by atoms with Crippen molar-refractivity contribution in [2.24, 2.45) is 0 Å². The van der Waals surface area contributed by atoms with Crippen LogP contribution in [0.1, 0.15) is 55.1 Å². The van der Waals surface area contributed by atoms with E-state index < -0.39 is 11.9 Å². The number of fused-ring (bicyclic) bond motifs is 2. The van der Waals surface area contributed by atoms with E-state index in [9.17, 15) is 9.59 Å². The van der Waals surface area contributed by atoms with Gasteiger partial charge in [-0.15, -0.1) is 11.0 Å². The van der Waals surface area contributed by atoms with Crippen molar-refractivity contribution >= 4 is 11.9 Å². The second kappa shape index (κ2) is 6.60. The third-order valence-corrected chi connectivity index (χ3v) is 5.09. The Bertz CT molecular complexity index is 984. The molecule has 3 aromatic carbocycles. The maximum atomic E-state index is 12.4. The monoisotopic (exact) mass is 372 g/mol. The summed E-state index contributed by atoms with van der Waals surface area (Å²) in [7, 11) is 0. The van der Waals surface area contributed by atoms with Gasteiger partial charge in [-0.2, -0.15) is 0 Å². The molecule has 0 spiro atoms. The lowest BCUT2D eigenvalue weighted by Gasteiger charge is -2.31. The summed E-state index contributed by atoms with van der Waals surface area (Å²) in [6.45, 7) is 0. The molecule has 2 unspecified atom stereocenters. The minimum absolute atomic E-state index is 0.325. The van der Waals surface area contributed by atoms with Crippen molar-refractivity contribution in [2.45, 2.75) is 12.1 Å². The molecular weight excluding hydrogens is 356 g/mol. The van der Waals surface area contributed by atoms with Crippen LogP contribution in [0, 0.1) is 0 Å². The molecule has 2 aliphatic rings. The second-order valence-corrected chi connectivity index (χ2v) is 6.73. The number of carbonyl (C=O) groups is 2. The third kappa shape index (κ3) is 2.67. The molecule has 0 aliphatic carbocycles. The average molecular weight is 372 g/mol. The molecule has 5 rings (SSSR count). The summed E-state index contributed by atoms with van der Waals surface area (Å²) in [6.07, 6.45) is 0. The smallest absolute Gasteiger partial charge is 0.357 e. The first-order chi connectivity index (χ1) is 13.7. The quantitative estimate of drug-likeness (QED) is 0.719. The van der Waals surface area contributed by atoms with Crippen LogP contribution in [-0.4, -0.2) is 11.9 Å². The molecule has 0 fully saturated rings. The van der Waals surface area contributed by atoms with Crippen molar-refractivity contribution in [2.75, 3.05) is 0 Å². The molecular formula is C22H16N2O4. The molecule has 6 nitrogen and oxygen atoms in total. The van der Waals surface area contributed by atoms with Crippen molar-refractivity contribution < 1.29 is 19.3 Å². The van der Waals surface area contributed by atoms with E-state index in [0.717, 1.165) is 22.3 Å². The number of rotatable bonds is 2. The maximum Gasteiger partial charge on any atom is 0.357 e. The Morgan fingerprint density at radius 2 is 1.04 bits per heavy atom. The number of hydroxylamine groups is 2. The topological polar surface area (TPSA) is 76.7 Å². The van der Waals surface area contributed by atoms with Crippen LogP contribution in [0.4, 0.5) is 0 Å². The molecule has 3 aromatic rings. The van der Waals surface area contributed by atoms with E-state index in [4.69, 9.17) is 9.68 Å². The predicted molar refractivity (Wildman–Crippen MR) is 100 cm³/mol. The van der Waals surface area contributed by atoms with Gasteiger partial charge in [-0.25, -0.2) is 9.59 Å². The zero-order valence-electron chi connectivity index (χ0n) is 14.7. The molecule has 0 aromatic heterocycles. The van der Waals surface area contributed by atoms with Crippen LogP contribution in [-0.2, 0) is 9.68 Å². The van der Waals surface area contributed by atoms with Crippen LogP contribution in [0.25, 0.3) is 0 Å². The maximum absolute atomic E-state index is 12.4. The number of hydrogen-bond acceptors (Lipinski definition) is 6. The molecule has 2 N–H and O–H groups in total. The van der Waals surface area contributed by atoms with Crippen molar-refractivity contribution in [1.82, 2.24) is 11.0 Å². The number of hydrogen-bond donors (Lipinski definition) is 2. The van der Waals surface area contributed by atoms with Crippen LogP contribution < -0.4 is 11.0 Å². The van der Waals surface area contributed by atoms with Crippen LogP contribution >= 0.6 is 0 Å². The summed E-state index contributed by atoms with van der Waals surface area (Å²) in [5.41, 5.74) is 9.81. The van der Waals surface area contributed by atoms with Crippen LogP contribution in [0.15, 0.2) is 72.8 Å². The first kappa shape index (κ1) is 16.7. The summed E-state index contributed by atoms with van der Waals surface area (Å²) >= 11 is 0. The van der Waals surface area contributed by atoms with Gasteiger partial charge in [-0.3, -0.25) is 0 Å². The zero-order valence-corrected chi connectivity index (χ0v) is 14.7. The highest BCUT2D eigenvalue weighted by molar-refractivity contribution is 5.99. The van der Waals surface area contributed by atoms with E-state index in [0.29, 0.717) is 11.1 Å². The Kier molecular flexibility index (Phi) is 3.93. The molecule has 6 heteroatoms. The standard InChI is InChI=1S/C22H16N2O4/c25-21-17-12-18-16(20(24-28-22(18)26)14-9-5-2-6-10-14)11-15(17)19(23-27-21)13-7-3-1-4-8-13/h1-12,19-20,23-24H. The highest BCUT2D eigenvalue weighted by atomic mass is 16.7. The molecule has 138 valence electrons. The van der Waals surface area contributed by atoms with Gasteiger partial charge in [-0.1, -0.05) is 60.7 Å². The van der Waals surface area contributed by atoms with Gasteiger partial charge in [0.1, 0.15) is 0 Å². The van der Waals surface area contributed by atoms with Gasteiger partial charge >= 0.3 is 11.9 Å². The van der Waals surface area contributed by atoms with Crippen molar-refractivity contribution in [3.05, 3.63) is 106 Å². The molecule has 0 saturated heterocycles. The first-order valence-corrected chi connectivity index (χ1v) is 8.93. The lowest BCUT2D eigenvalue weighted by Crippen LogP contribution is -2.37. The van der Waals surface area contributed by atoms with Gasteiger partial charge in [-0.05, 0) is 34.4 Å². The SMILES string of the molecule is O=C1ONC(c2ccccc2)c2cc3c(cc21)C(=O)ONC3c1ccccc1. The summed E-state index contributed by atoms with van der Waals surface area (Å²) in [4.78, 5) is 35.0. The van der Waals surface area contributed by atoms with Gasteiger partial charge < -0.3 is 9.68 Å². The summed E-state index contributed by atoms with van der Waals surface area (Å²) < 4.78 is 0. The Balaban J connectivity index is 1.69. The molecule has 2 heterocycles. The summed E-state index contributed by atoms with van der Waals surface area (Å²) in [5.74, 6) is -1.04. The Hall–Kier alpha value is -3.48. The molecule has 28 heavy (non-hydrogen) atoms. The fraction of sp³-hybridized carbons (Fsp3) is 0.0909. The average Bonchev–Trinajstić information content (AvgIpc) is 2.75. The van der Waals surface area contributed by atoms with Gasteiger partial charge in [0.25, 0.3) is 0 Å². The van der Waals surface area contributed by atoms with Crippen molar-refractivity contribution in [1.29, 1.82) is 0 Å². The lowest BCUT2D eigenvalue weighted by atomic mass is 9.86. The van der Waals surface area contributed by atoms with E-state index in [2.05, 4.69) is 11.0 Å². The minimum Gasteiger partial charge on any atom is -0.366 e. The van der Waals surface area contributed by atoms with Crippen molar-refractivity contribution in [3.63, 3.8) is 0 Å². The van der Waals surface area contributed by atoms with E-state index in [1.165, 1.54) is 0 Å². The Morgan fingerprint density at radius 3 is 1.46 bits per heavy atom. The normalized spacial score (nSPS) is 20.6. The second-order valence-electron chi connectivity index (χ2n) is 6.73. The van der Waals surface area contributed by atoms with Gasteiger partial charge in [0.05, 0.1) is 23.2 Å². The fourth-order valence-electron chi connectivity index (χ4n) is 3.71. The van der Waals surface area contributed by atoms with Crippen LogP contribution in [0.2, 0.25) is 0 Å². The zero-order chi connectivity index (χ0) is 19.1. The molecule has 2 atom stereocenters. The third-order valence-electron chi connectivity index (χ3n) is 5.09. The predicted octanol–water partition coefficient (Wildman–Crippen LogP) is 3.22. The Morgan fingerprint density at radius 1 is 0.607 bits per heavy atom. The lowest BCUT2D eigenvalue weighted by molar-refractivity contribution is 0.0114. The molecule has 0 amide bonds. The van der Waals surface area contributed by atoms with Crippen molar-refractivity contribution in [3.8, 4) is 0 Å². The van der Waals surface area contributed by atoms with Crippen LogP contribution in [0.3, 0.4) is 0 Å². The first-order valence-electron chi connectivity index (χ1n) is 8.93. The minimum atomic E-state index is -0.521. The summed E-state index contributed by atoms with van der Waals surface area (Å²) in [6, 6.07) is 22.2. The number of benzene rings is 3. The van der Waals surface area contributed by atoms with Gasteiger partial charge in [0, 0.05) is 0 Å². The van der Waals surface area contributed by atoms with E-state index in [1.807, 2.05) is 66.7 Å². The van der Waals surface area contributed by atoms with Crippen LogP contribution in [0.5, 0.6) is 0 Å². The van der Waals surface area contributed by atoms with Gasteiger partial charge in [0.2, 0.25) is 0 Å². The molecule has 0 radical (unpaired) electrons. The summed E-state index contributed by atoms with van der Waals surface area (Å²) in [5, 5.41) is 0.